The fourth-order valence-electron chi connectivity index (χ4n) is 2.55. The number of fused-ring (bicyclic) bond motifs is 1. The number of nitrogens with one attached hydrogen (secondary N) is 1. The Kier molecular flexibility index (Phi) is 4.11. The molecule has 0 radical (unpaired) electrons. The molecule has 1 aliphatic rings. The Morgan fingerprint density at radius 3 is 3.05 bits per heavy atom. The largest absolute Gasteiger partial charge is 0.382 e. The second kappa shape index (κ2) is 6.19. The van der Waals surface area contributed by atoms with Crippen molar-refractivity contribution in [1.82, 2.24) is 9.97 Å². The summed E-state index contributed by atoms with van der Waals surface area (Å²) in [4.78, 5) is 22.1. The Bertz CT molecular complexity index is 706. The second-order valence-corrected chi connectivity index (χ2v) is 5.43. The van der Waals surface area contributed by atoms with E-state index in [4.69, 9.17) is 17.3 Å². The van der Waals surface area contributed by atoms with Crippen LogP contribution in [0.15, 0.2) is 30.6 Å². The number of hydrogen-bond acceptors (Lipinski definition) is 5. The zero-order valence-electron chi connectivity index (χ0n) is 11.9. The van der Waals surface area contributed by atoms with Crippen LogP contribution in [0.25, 0.3) is 0 Å². The molecule has 0 aliphatic carbocycles. The van der Waals surface area contributed by atoms with Gasteiger partial charge in [-0.2, -0.15) is 0 Å². The highest BCUT2D eigenvalue weighted by atomic mass is 35.5. The van der Waals surface area contributed by atoms with Gasteiger partial charge in [-0.05, 0) is 24.5 Å². The summed E-state index contributed by atoms with van der Waals surface area (Å²) in [7, 11) is 0. The van der Waals surface area contributed by atoms with E-state index in [0.29, 0.717) is 5.82 Å². The van der Waals surface area contributed by atoms with Crippen LogP contribution in [0, 0.1) is 0 Å². The Balaban J connectivity index is 1.72. The van der Waals surface area contributed by atoms with Crippen molar-refractivity contribution in [2.75, 3.05) is 29.0 Å². The first kappa shape index (κ1) is 14.6. The number of aryl methyl sites for hydroxylation is 1. The van der Waals surface area contributed by atoms with Crippen molar-refractivity contribution in [1.29, 1.82) is 0 Å². The molecule has 3 rings (SSSR count). The molecule has 0 saturated heterocycles. The van der Waals surface area contributed by atoms with Gasteiger partial charge in [0, 0.05) is 12.2 Å². The maximum absolute atomic E-state index is 12.5. The van der Waals surface area contributed by atoms with Crippen LogP contribution in [-0.4, -0.2) is 29.0 Å². The second-order valence-electron chi connectivity index (χ2n) is 5.05. The summed E-state index contributed by atoms with van der Waals surface area (Å²) in [6, 6.07) is 7.97. The Labute approximate surface area is 133 Å². The number of carbonyl (C=O) groups is 1. The number of aromatic nitrogens is 2. The van der Waals surface area contributed by atoms with Crippen LogP contribution in [0.4, 0.5) is 17.3 Å². The summed E-state index contributed by atoms with van der Waals surface area (Å²) in [5, 5.41) is 3.16. The number of amides is 1. The van der Waals surface area contributed by atoms with Crippen LogP contribution in [0.1, 0.15) is 12.0 Å². The summed E-state index contributed by atoms with van der Waals surface area (Å²) >= 11 is 6.01. The predicted molar refractivity (Wildman–Crippen MR) is 87.1 cm³/mol. The molecule has 1 aliphatic heterocycles. The molecule has 0 atom stereocenters. The van der Waals surface area contributed by atoms with Gasteiger partial charge in [0.25, 0.3) is 0 Å². The van der Waals surface area contributed by atoms with Gasteiger partial charge >= 0.3 is 0 Å². The van der Waals surface area contributed by atoms with Crippen LogP contribution in [0.2, 0.25) is 5.02 Å². The van der Waals surface area contributed by atoms with E-state index in [-0.39, 0.29) is 23.3 Å². The van der Waals surface area contributed by atoms with Crippen molar-refractivity contribution in [3.63, 3.8) is 0 Å². The lowest BCUT2D eigenvalue weighted by Crippen LogP contribution is -2.39. The molecule has 0 spiro atoms. The number of anilines is 3. The van der Waals surface area contributed by atoms with E-state index >= 15 is 0 Å². The van der Waals surface area contributed by atoms with Crippen LogP contribution in [-0.2, 0) is 11.2 Å². The van der Waals surface area contributed by atoms with E-state index in [1.165, 1.54) is 11.9 Å². The van der Waals surface area contributed by atoms with Crippen molar-refractivity contribution >= 4 is 34.8 Å². The minimum atomic E-state index is -0.0274. The SMILES string of the molecule is Nc1ncnc(NCC(=O)N2CCCc3ccccc32)c1Cl. The highest BCUT2D eigenvalue weighted by Gasteiger charge is 2.22. The number of carbonyl (C=O) groups excluding carboxylic acids is 1. The van der Waals surface area contributed by atoms with Crippen LogP contribution >= 0.6 is 11.6 Å². The van der Waals surface area contributed by atoms with Crippen LogP contribution in [0.3, 0.4) is 0 Å². The molecule has 6 nitrogen and oxygen atoms in total. The van der Waals surface area contributed by atoms with Crippen LogP contribution in [0.5, 0.6) is 0 Å². The number of halogens is 1. The lowest BCUT2D eigenvalue weighted by atomic mass is 10.0. The molecule has 114 valence electrons. The van der Waals surface area contributed by atoms with Gasteiger partial charge in [-0.3, -0.25) is 4.79 Å². The molecule has 0 unspecified atom stereocenters. The normalized spacial score (nSPS) is 13.6. The number of para-hydroxylation sites is 1. The number of rotatable bonds is 3. The smallest absolute Gasteiger partial charge is 0.246 e. The van der Waals surface area contributed by atoms with Crippen molar-refractivity contribution in [2.45, 2.75) is 12.8 Å². The summed E-state index contributed by atoms with van der Waals surface area (Å²) in [5.74, 6) is 0.531. The molecule has 1 aromatic carbocycles. The molecule has 2 heterocycles. The number of nitrogens with zero attached hydrogens (tertiary/aromatic N) is 3. The lowest BCUT2D eigenvalue weighted by Gasteiger charge is -2.29. The average molecular weight is 318 g/mol. The molecule has 22 heavy (non-hydrogen) atoms. The molecule has 0 fully saturated rings. The van der Waals surface area contributed by atoms with E-state index in [1.54, 1.807) is 4.90 Å². The third-order valence-corrected chi connectivity index (χ3v) is 4.01. The Morgan fingerprint density at radius 1 is 1.36 bits per heavy atom. The molecular weight excluding hydrogens is 302 g/mol. The number of nitrogen functional groups attached to an aromatic ring is 1. The quantitative estimate of drug-likeness (QED) is 0.905. The van der Waals surface area contributed by atoms with Crippen molar-refractivity contribution in [3.05, 3.63) is 41.2 Å². The summed E-state index contributed by atoms with van der Waals surface area (Å²) in [6.45, 7) is 0.821. The number of benzene rings is 1. The zero-order valence-corrected chi connectivity index (χ0v) is 12.7. The first-order valence-electron chi connectivity index (χ1n) is 7.05. The Hall–Kier alpha value is -2.34. The van der Waals surface area contributed by atoms with Gasteiger partial charge in [-0.25, -0.2) is 9.97 Å². The maximum atomic E-state index is 12.5. The standard InChI is InChI=1S/C15H16ClN5O/c16-13-14(17)19-9-20-15(13)18-8-12(22)21-7-3-5-10-4-1-2-6-11(10)21/h1-2,4,6,9H,3,5,7-8H2,(H3,17,18,19,20). The molecular formula is C15H16ClN5O. The molecule has 2 aromatic rings. The summed E-state index contributed by atoms with van der Waals surface area (Å²) < 4.78 is 0. The van der Waals surface area contributed by atoms with E-state index in [0.717, 1.165) is 25.1 Å². The predicted octanol–water partition coefficient (Wildman–Crippen LogP) is 2.10. The fourth-order valence-corrected chi connectivity index (χ4v) is 2.72. The first-order valence-corrected chi connectivity index (χ1v) is 7.42. The van der Waals surface area contributed by atoms with Gasteiger partial charge in [-0.1, -0.05) is 29.8 Å². The van der Waals surface area contributed by atoms with E-state index in [9.17, 15) is 4.79 Å². The Morgan fingerprint density at radius 2 is 2.18 bits per heavy atom. The van der Waals surface area contributed by atoms with Gasteiger partial charge in [0.15, 0.2) is 5.82 Å². The van der Waals surface area contributed by atoms with Crippen molar-refractivity contribution in [2.24, 2.45) is 0 Å². The zero-order chi connectivity index (χ0) is 15.5. The minimum absolute atomic E-state index is 0.0274. The average Bonchev–Trinajstić information content (AvgIpc) is 2.55. The van der Waals surface area contributed by atoms with E-state index < -0.39 is 0 Å². The van der Waals surface area contributed by atoms with Gasteiger partial charge in [0.05, 0.1) is 6.54 Å². The molecule has 1 aromatic heterocycles. The monoisotopic (exact) mass is 317 g/mol. The number of hydrogen-bond donors (Lipinski definition) is 2. The van der Waals surface area contributed by atoms with Crippen molar-refractivity contribution in [3.8, 4) is 0 Å². The third-order valence-electron chi connectivity index (χ3n) is 3.63. The molecule has 1 amide bonds. The third kappa shape index (κ3) is 2.82. The summed E-state index contributed by atoms with van der Waals surface area (Å²) in [5.41, 5.74) is 7.80. The van der Waals surface area contributed by atoms with E-state index in [1.807, 2.05) is 18.2 Å². The maximum Gasteiger partial charge on any atom is 0.246 e. The summed E-state index contributed by atoms with van der Waals surface area (Å²) in [6.07, 6.45) is 3.27. The van der Waals surface area contributed by atoms with Gasteiger partial charge in [0.1, 0.15) is 17.2 Å². The topological polar surface area (TPSA) is 84.1 Å². The highest BCUT2D eigenvalue weighted by Crippen LogP contribution is 2.27. The van der Waals surface area contributed by atoms with Crippen LogP contribution < -0.4 is 16.0 Å². The lowest BCUT2D eigenvalue weighted by molar-refractivity contribution is -0.117. The number of nitrogens with two attached hydrogens (primary N) is 1. The van der Waals surface area contributed by atoms with Gasteiger partial charge in [0.2, 0.25) is 5.91 Å². The fraction of sp³-hybridized carbons (Fsp3) is 0.267. The van der Waals surface area contributed by atoms with Gasteiger partial charge < -0.3 is 16.0 Å². The van der Waals surface area contributed by atoms with E-state index in [2.05, 4.69) is 21.4 Å². The molecule has 7 heteroatoms. The van der Waals surface area contributed by atoms with Crippen molar-refractivity contribution < 1.29 is 4.79 Å². The van der Waals surface area contributed by atoms with Gasteiger partial charge in [-0.15, -0.1) is 0 Å². The highest BCUT2D eigenvalue weighted by molar-refractivity contribution is 6.35. The minimum Gasteiger partial charge on any atom is -0.382 e. The molecule has 0 bridgehead atoms. The molecule has 3 N–H and O–H groups in total. The molecule has 0 saturated carbocycles. The first-order chi connectivity index (χ1) is 10.7.